The molecule has 1 fully saturated rings. The number of carbonyl (C=O) groups is 2. The summed E-state index contributed by atoms with van der Waals surface area (Å²) in [5.41, 5.74) is 2.54. The van der Waals surface area contributed by atoms with Crippen LogP contribution in [-0.4, -0.2) is 42.3 Å². The zero-order valence-electron chi connectivity index (χ0n) is 22.2. The maximum absolute atomic E-state index is 12.1. The van der Waals surface area contributed by atoms with Crippen molar-refractivity contribution in [2.24, 2.45) is 5.92 Å². The first-order valence-corrected chi connectivity index (χ1v) is 13.4. The number of carboxylic acid groups (broad SMARTS) is 1. The van der Waals surface area contributed by atoms with Crippen molar-refractivity contribution in [3.8, 4) is 23.0 Å². The summed E-state index contributed by atoms with van der Waals surface area (Å²) in [6.45, 7) is 5.70. The first-order chi connectivity index (χ1) is 17.8. The number of carboxylic acids is 1. The van der Waals surface area contributed by atoms with Gasteiger partial charge in [0.2, 0.25) is 0 Å². The van der Waals surface area contributed by atoms with Crippen LogP contribution in [0.2, 0.25) is 0 Å². The predicted octanol–water partition coefficient (Wildman–Crippen LogP) is 6.03. The largest absolute Gasteiger partial charge is 0.496 e. The summed E-state index contributed by atoms with van der Waals surface area (Å²) in [5, 5.41) is 9.64. The molecular formula is C30H38O7. The van der Waals surface area contributed by atoms with E-state index in [1.54, 1.807) is 20.1 Å². The van der Waals surface area contributed by atoms with Gasteiger partial charge in [0.1, 0.15) is 35.2 Å². The van der Waals surface area contributed by atoms with Crippen molar-refractivity contribution < 1.29 is 33.6 Å². The quantitative estimate of drug-likeness (QED) is 0.369. The Morgan fingerprint density at radius 1 is 1.05 bits per heavy atom. The molecule has 0 radical (unpaired) electrons. The molecule has 2 aromatic rings. The third-order valence-corrected chi connectivity index (χ3v) is 7.34. The van der Waals surface area contributed by atoms with E-state index in [1.165, 1.54) is 0 Å². The van der Waals surface area contributed by atoms with E-state index in [-0.39, 0.29) is 23.9 Å². The fraction of sp³-hybridized carbons (Fsp3) is 0.533. The average molecular weight is 511 g/mol. The molecule has 0 amide bonds. The van der Waals surface area contributed by atoms with Crippen LogP contribution < -0.4 is 18.9 Å². The Kier molecular flexibility index (Phi) is 8.62. The zero-order valence-corrected chi connectivity index (χ0v) is 22.2. The van der Waals surface area contributed by atoms with Crippen molar-refractivity contribution in [2.45, 2.75) is 90.4 Å². The van der Waals surface area contributed by atoms with Crippen LogP contribution in [-0.2, 0) is 17.6 Å². The Balaban J connectivity index is 1.43. The monoisotopic (exact) mass is 510 g/mol. The lowest BCUT2D eigenvalue weighted by atomic mass is 9.87. The maximum atomic E-state index is 12.1. The van der Waals surface area contributed by atoms with Gasteiger partial charge in [-0.3, -0.25) is 4.79 Å². The maximum Gasteiger partial charge on any atom is 0.345 e. The molecule has 200 valence electrons. The number of fused-ring (bicyclic) bond motifs is 1. The molecule has 0 spiro atoms. The Morgan fingerprint density at radius 3 is 2.46 bits per heavy atom. The minimum absolute atomic E-state index is 0.00596. The lowest BCUT2D eigenvalue weighted by molar-refractivity contribution is -0.148. The van der Waals surface area contributed by atoms with E-state index < -0.39 is 12.1 Å². The van der Waals surface area contributed by atoms with Gasteiger partial charge in [-0.05, 0) is 62.8 Å². The summed E-state index contributed by atoms with van der Waals surface area (Å²) in [7, 11) is 1.59. The molecule has 1 aliphatic heterocycles. The number of methoxy groups -OCH3 is 1. The number of Topliss-reactive ketones (excluding diaryl/α,β-unsaturated/α-hetero) is 1. The van der Waals surface area contributed by atoms with Crippen LogP contribution in [0, 0.1) is 5.92 Å². The van der Waals surface area contributed by atoms with Crippen molar-refractivity contribution >= 4 is 11.8 Å². The highest BCUT2D eigenvalue weighted by Crippen LogP contribution is 2.39. The van der Waals surface area contributed by atoms with Gasteiger partial charge in [0.05, 0.1) is 12.7 Å². The van der Waals surface area contributed by atoms with Gasteiger partial charge in [-0.2, -0.15) is 0 Å². The molecule has 2 aliphatic rings. The predicted molar refractivity (Wildman–Crippen MR) is 140 cm³/mol. The molecule has 0 aromatic heterocycles. The molecule has 4 rings (SSSR count). The van der Waals surface area contributed by atoms with Gasteiger partial charge in [-0.15, -0.1) is 0 Å². The number of hydrogen-bond donors (Lipinski definition) is 1. The van der Waals surface area contributed by atoms with Crippen LogP contribution in [0.5, 0.6) is 23.0 Å². The zero-order chi connectivity index (χ0) is 26.5. The van der Waals surface area contributed by atoms with Crippen LogP contribution in [0.4, 0.5) is 0 Å². The van der Waals surface area contributed by atoms with Gasteiger partial charge >= 0.3 is 5.97 Å². The van der Waals surface area contributed by atoms with Gasteiger partial charge in [0, 0.05) is 24.0 Å². The summed E-state index contributed by atoms with van der Waals surface area (Å²) in [6.07, 6.45) is 5.72. The summed E-state index contributed by atoms with van der Waals surface area (Å²) < 4.78 is 24.2. The Bertz CT molecular complexity index is 1130. The number of rotatable bonds is 11. The van der Waals surface area contributed by atoms with Crippen LogP contribution >= 0.6 is 0 Å². The van der Waals surface area contributed by atoms with E-state index in [4.69, 9.17) is 18.9 Å². The van der Waals surface area contributed by atoms with Crippen molar-refractivity contribution in [2.75, 3.05) is 7.11 Å². The highest BCUT2D eigenvalue weighted by molar-refractivity contribution is 5.97. The Labute approximate surface area is 219 Å². The lowest BCUT2D eigenvalue weighted by Gasteiger charge is -2.31. The van der Waals surface area contributed by atoms with Crippen LogP contribution in [0.1, 0.15) is 80.8 Å². The summed E-state index contributed by atoms with van der Waals surface area (Å²) in [4.78, 5) is 23.8. The van der Waals surface area contributed by atoms with Gasteiger partial charge < -0.3 is 24.1 Å². The summed E-state index contributed by atoms with van der Waals surface area (Å²) >= 11 is 0. The van der Waals surface area contributed by atoms with E-state index in [9.17, 15) is 14.7 Å². The molecule has 0 bridgehead atoms. The number of hydrogen-bond acceptors (Lipinski definition) is 6. The Morgan fingerprint density at radius 2 is 1.81 bits per heavy atom. The number of benzene rings is 2. The molecule has 7 heteroatoms. The molecule has 37 heavy (non-hydrogen) atoms. The molecule has 1 saturated carbocycles. The highest BCUT2D eigenvalue weighted by atomic mass is 16.5. The van der Waals surface area contributed by atoms with Gasteiger partial charge in [0.15, 0.2) is 11.9 Å². The lowest BCUT2D eigenvalue weighted by Crippen LogP contribution is -2.39. The van der Waals surface area contributed by atoms with E-state index in [0.29, 0.717) is 29.2 Å². The molecule has 1 aliphatic carbocycles. The Hall–Kier alpha value is -3.22. The summed E-state index contributed by atoms with van der Waals surface area (Å²) in [6, 6.07) is 9.43. The third-order valence-electron chi connectivity index (χ3n) is 7.34. The second kappa shape index (κ2) is 11.9. The smallest absolute Gasteiger partial charge is 0.345 e. The van der Waals surface area contributed by atoms with Gasteiger partial charge in [0.25, 0.3) is 0 Å². The van der Waals surface area contributed by atoms with E-state index in [2.05, 4.69) is 13.8 Å². The van der Waals surface area contributed by atoms with Crippen molar-refractivity contribution in [3.63, 3.8) is 0 Å². The molecule has 2 aromatic carbocycles. The molecule has 0 saturated heterocycles. The molecular weight excluding hydrogens is 472 g/mol. The van der Waals surface area contributed by atoms with Crippen LogP contribution in [0.3, 0.4) is 0 Å². The second-order valence-corrected chi connectivity index (χ2v) is 10.1. The van der Waals surface area contributed by atoms with Crippen molar-refractivity contribution in [3.05, 3.63) is 47.0 Å². The van der Waals surface area contributed by atoms with E-state index >= 15 is 0 Å². The molecule has 4 atom stereocenters. The third kappa shape index (κ3) is 6.03. The number of carbonyl (C=O) groups excluding carboxylic acids is 1. The second-order valence-electron chi connectivity index (χ2n) is 10.1. The summed E-state index contributed by atoms with van der Waals surface area (Å²) in [5.74, 6) is 1.69. The van der Waals surface area contributed by atoms with E-state index in [1.807, 2.05) is 24.3 Å². The molecule has 1 heterocycles. The SMILES string of the molecule is CCCc1c(OC2CCC(Oc3ccc4c(c3)OC(C(=O)O)C(CCC)C4)C2)ccc(C(C)=O)c1OC. The standard InChI is InChI=1S/C30H38O7/c1-5-7-20-15-19-9-10-23(17-27(19)37-28(20)30(32)33)35-21-11-12-22(16-21)36-26-14-13-24(18(3)31)29(34-4)25(26)8-6-2/h9-10,13-14,17,20-22,28H,5-8,11-12,15-16H2,1-4H3,(H,32,33). The topological polar surface area (TPSA) is 91.3 Å². The number of ketones is 1. The van der Waals surface area contributed by atoms with Crippen molar-refractivity contribution in [1.82, 2.24) is 0 Å². The number of ether oxygens (including phenoxy) is 4. The normalized spacial score (nSPS) is 22.6. The van der Waals surface area contributed by atoms with Crippen LogP contribution in [0.25, 0.3) is 0 Å². The highest BCUT2D eigenvalue weighted by Gasteiger charge is 2.35. The molecule has 4 unspecified atom stereocenters. The number of aliphatic carboxylic acids is 1. The fourth-order valence-electron chi connectivity index (χ4n) is 5.59. The van der Waals surface area contributed by atoms with Gasteiger partial charge in [-0.1, -0.05) is 32.8 Å². The van der Waals surface area contributed by atoms with Crippen molar-refractivity contribution in [1.29, 1.82) is 0 Å². The van der Waals surface area contributed by atoms with Crippen LogP contribution in [0.15, 0.2) is 30.3 Å². The average Bonchev–Trinajstić information content (AvgIpc) is 3.31. The molecule has 7 nitrogen and oxygen atoms in total. The minimum atomic E-state index is -0.915. The first-order valence-electron chi connectivity index (χ1n) is 13.4. The van der Waals surface area contributed by atoms with Gasteiger partial charge in [-0.25, -0.2) is 4.79 Å². The fourth-order valence-corrected chi connectivity index (χ4v) is 5.59. The molecule has 1 N–H and O–H groups in total. The first kappa shape index (κ1) is 26.8. The van der Waals surface area contributed by atoms with E-state index in [0.717, 1.165) is 61.8 Å². The minimum Gasteiger partial charge on any atom is -0.496 e.